The molecule has 0 saturated carbocycles. The smallest absolute Gasteiger partial charge is 0.317 e. The highest BCUT2D eigenvalue weighted by Gasteiger charge is 2.25. The number of aryl methyl sites for hydroxylation is 1. The minimum Gasteiger partial charge on any atom is -0.354 e. The van der Waals surface area contributed by atoms with Crippen LogP contribution in [0.3, 0.4) is 0 Å². The molecule has 0 radical (unpaired) electrons. The Morgan fingerprint density at radius 3 is 2.44 bits per heavy atom. The van der Waals surface area contributed by atoms with Crippen LogP contribution in [-0.4, -0.2) is 62.3 Å². The van der Waals surface area contributed by atoms with Crippen molar-refractivity contribution in [1.29, 1.82) is 0 Å². The third-order valence-corrected chi connectivity index (χ3v) is 7.27. The summed E-state index contributed by atoms with van der Waals surface area (Å²) in [6, 6.07) is 15.9. The van der Waals surface area contributed by atoms with Crippen LogP contribution in [0.25, 0.3) is 0 Å². The second kappa shape index (κ2) is 11.1. The van der Waals surface area contributed by atoms with Crippen molar-refractivity contribution >= 4 is 22.0 Å². The van der Waals surface area contributed by atoms with E-state index in [2.05, 4.69) is 10.6 Å². The highest BCUT2D eigenvalue weighted by Crippen LogP contribution is 2.16. The van der Waals surface area contributed by atoms with Gasteiger partial charge in [-0.25, -0.2) is 13.2 Å². The van der Waals surface area contributed by atoms with Crippen molar-refractivity contribution in [3.8, 4) is 0 Å². The second-order valence-electron chi connectivity index (χ2n) is 7.80. The van der Waals surface area contributed by atoms with Crippen LogP contribution in [0.2, 0.25) is 0 Å². The van der Waals surface area contributed by atoms with Crippen molar-refractivity contribution in [2.75, 3.05) is 32.7 Å². The largest absolute Gasteiger partial charge is 0.354 e. The standard InChI is InChI=1S/C23H30N4O4S/c1-19-8-10-20(11-9-19)18-25-23(29)26-14-5-15-27(16-12-22(28)24-13-17-26)32(30,31)21-6-3-2-4-7-21/h2-4,6-11H,5,12-18H2,1H3,(H,24,28)(H,25,29). The molecule has 0 atom stereocenters. The average Bonchev–Trinajstić information content (AvgIpc) is 2.83. The number of hydrogen-bond donors (Lipinski definition) is 2. The van der Waals surface area contributed by atoms with Crippen molar-refractivity contribution in [3.05, 3.63) is 65.7 Å². The van der Waals surface area contributed by atoms with Gasteiger partial charge in [0.05, 0.1) is 4.90 Å². The van der Waals surface area contributed by atoms with E-state index in [9.17, 15) is 18.0 Å². The van der Waals surface area contributed by atoms with Gasteiger partial charge < -0.3 is 15.5 Å². The normalized spacial score (nSPS) is 16.7. The van der Waals surface area contributed by atoms with E-state index in [4.69, 9.17) is 0 Å². The summed E-state index contributed by atoms with van der Waals surface area (Å²) in [6.45, 7) is 3.80. The summed E-state index contributed by atoms with van der Waals surface area (Å²) < 4.78 is 27.4. The van der Waals surface area contributed by atoms with Crippen LogP contribution in [0, 0.1) is 6.92 Å². The molecule has 9 heteroatoms. The Labute approximate surface area is 189 Å². The first-order valence-electron chi connectivity index (χ1n) is 10.8. The van der Waals surface area contributed by atoms with Gasteiger partial charge in [-0.15, -0.1) is 0 Å². The fourth-order valence-electron chi connectivity index (χ4n) is 3.49. The summed E-state index contributed by atoms with van der Waals surface area (Å²) in [5.41, 5.74) is 2.15. The molecule has 3 rings (SSSR count). The van der Waals surface area contributed by atoms with Crippen molar-refractivity contribution in [3.63, 3.8) is 0 Å². The van der Waals surface area contributed by atoms with Gasteiger partial charge in [-0.1, -0.05) is 48.0 Å². The van der Waals surface area contributed by atoms with Gasteiger partial charge in [-0.05, 0) is 31.0 Å². The van der Waals surface area contributed by atoms with Gasteiger partial charge in [0, 0.05) is 45.7 Å². The third kappa shape index (κ3) is 6.54. The van der Waals surface area contributed by atoms with Crippen LogP contribution >= 0.6 is 0 Å². The molecule has 1 fully saturated rings. The van der Waals surface area contributed by atoms with E-state index in [-0.39, 0.29) is 36.3 Å². The molecule has 8 nitrogen and oxygen atoms in total. The zero-order valence-corrected chi connectivity index (χ0v) is 19.1. The molecule has 2 N–H and O–H groups in total. The molecular formula is C23H30N4O4S. The number of nitrogens with zero attached hydrogens (tertiary/aromatic N) is 2. The molecule has 2 aromatic carbocycles. The Morgan fingerprint density at radius 1 is 1.00 bits per heavy atom. The zero-order valence-electron chi connectivity index (χ0n) is 18.3. The first-order valence-corrected chi connectivity index (χ1v) is 12.2. The predicted molar refractivity (Wildman–Crippen MR) is 122 cm³/mol. The second-order valence-corrected chi connectivity index (χ2v) is 9.74. The van der Waals surface area contributed by atoms with Crippen molar-refractivity contribution in [2.45, 2.75) is 31.2 Å². The highest BCUT2D eigenvalue weighted by atomic mass is 32.2. The Morgan fingerprint density at radius 2 is 1.72 bits per heavy atom. The van der Waals surface area contributed by atoms with E-state index in [0.29, 0.717) is 32.6 Å². The molecule has 0 bridgehead atoms. The summed E-state index contributed by atoms with van der Waals surface area (Å²) in [6.07, 6.45) is 0.546. The number of carbonyl (C=O) groups is 2. The summed E-state index contributed by atoms with van der Waals surface area (Å²) >= 11 is 0. The van der Waals surface area contributed by atoms with E-state index in [0.717, 1.165) is 11.1 Å². The molecule has 1 aliphatic heterocycles. The molecule has 172 valence electrons. The molecule has 1 saturated heterocycles. The van der Waals surface area contributed by atoms with Crippen LogP contribution in [-0.2, 0) is 21.4 Å². The average molecular weight is 459 g/mol. The number of urea groups is 1. The quantitative estimate of drug-likeness (QED) is 0.733. The van der Waals surface area contributed by atoms with Gasteiger partial charge in [0.25, 0.3) is 0 Å². The van der Waals surface area contributed by atoms with E-state index in [1.807, 2.05) is 31.2 Å². The molecule has 0 aliphatic carbocycles. The first-order chi connectivity index (χ1) is 15.4. The molecule has 0 spiro atoms. The molecule has 0 unspecified atom stereocenters. The van der Waals surface area contributed by atoms with Crippen LogP contribution in [0.4, 0.5) is 4.79 Å². The van der Waals surface area contributed by atoms with E-state index < -0.39 is 10.0 Å². The lowest BCUT2D eigenvalue weighted by molar-refractivity contribution is -0.121. The van der Waals surface area contributed by atoms with Gasteiger partial charge in [0.2, 0.25) is 15.9 Å². The predicted octanol–water partition coefficient (Wildman–Crippen LogP) is 2.11. The zero-order chi connectivity index (χ0) is 23.0. The number of carbonyl (C=O) groups excluding carboxylic acids is 2. The Hall–Kier alpha value is -2.91. The van der Waals surface area contributed by atoms with Crippen molar-refractivity contribution in [2.24, 2.45) is 0 Å². The van der Waals surface area contributed by atoms with E-state index in [1.54, 1.807) is 35.2 Å². The lowest BCUT2D eigenvalue weighted by Gasteiger charge is -2.25. The number of amides is 3. The minimum absolute atomic E-state index is 0.0751. The maximum atomic E-state index is 13.0. The Balaban J connectivity index is 1.65. The SMILES string of the molecule is Cc1ccc(CNC(=O)N2CCCN(S(=O)(=O)c3ccccc3)CCC(=O)NCC2)cc1. The van der Waals surface area contributed by atoms with Gasteiger partial charge in [0.1, 0.15) is 0 Å². The summed E-state index contributed by atoms with van der Waals surface area (Å²) in [4.78, 5) is 26.7. The van der Waals surface area contributed by atoms with E-state index in [1.165, 1.54) is 4.31 Å². The van der Waals surface area contributed by atoms with Crippen LogP contribution in [0.1, 0.15) is 24.0 Å². The number of rotatable bonds is 4. The Kier molecular flexibility index (Phi) is 8.24. The number of nitrogens with one attached hydrogen (secondary N) is 2. The van der Waals surface area contributed by atoms with Gasteiger partial charge in [-0.3, -0.25) is 4.79 Å². The molecule has 2 aromatic rings. The molecular weight excluding hydrogens is 428 g/mol. The van der Waals surface area contributed by atoms with Crippen LogP contribution in [0.15, 0.2) is 59.5 Å². The fraction of sp³-hybridized carbons (Fsp3) is 0.391. The first kappa shape index (κ1) is 23.7. The van der Waals surface area contributed by atoms with Gasteiger partial charge in [0.15, 0.2) is 0 Å². The molecule has 1 heterocycles. The summed E-state index contributed by atoms with van der Waals surface area (Å²) in [5.74, 6) is -0.236. The number of benzene rings is 2. The Bertz CT molecular complexity index is 1010. The van der Waals surface area contributed by atoms with Gasteiger partial charge >= 0.3 is 6.03 Å². The number of hydrogen-bond acceptors (Lipinski definition) is 4. The van der Waals surface area contributed by atoms with Crippen LogP contribution < -0.4 is 10.6 Å². The maximum absolute atomic E-state index is 13.0. The lowest BCUT2D eigenvalue weighted by Crippen LogP contribution is -2.44. The minimum atomic E-state index is -3.72. The summed E-state index contributed by atoms with van der Waals surface area (Å²) in [7, 11) is -3.72. The highest BCUT2D eigenvalue weighted by molar-refractivity contribution is 7.89. The number of sulfonamides is 1. The van der Waals surface area contributed by atoms with E-state index >= 15 is 0 Å². The molecule has 1 aliphatic rings. The van der Waals surface area contributed by atoms with Gasteiger partial charge in [-0.2, -0.15) is 4.31 Å². The molecule has 3 amide bonds. The summed E-state index contributed by atoms with van der Waals surface area (Å²) in [5, 5.41) is 5.68. The monoisotopic (exact) mass is 458 g/mol. The topological polar surface area (TPSA) is 98.8 Å². The fourth-order valence-corrected chi connectivity index (χ4v) is 4.99. The third-order valence-electron chi connectivity index (χ3n) is 5.36. The lowest BCUT2D eigenvalue weighted by atomic mass is 10.1. The van der Waals surface area contributed by atoms with Crippen molar-refractivity contribution in [1.82, 2.24) is 19.8 Å². The maximum Gasteiger partial charge on any atom is 0.317 e. The molecule has 32 heavy (non-hydrogen) atoms. The van der Waals surface area contributed by atoms with Crippen LogP contribution in [0.5, 0.6) is 0 Å². The van der Waals surface area contributed by atoms with Crippen molar-refractivity contribution < 1.29 is 18.0 Å². The molecule has 0 aromatic heterocycles.